The van der Waals surface area contributed by atoms with E-state index in [0.717, 1.165) is 13.2 Å². The van der Waals surface area contributed by atoms with Gasteiger partial charge in [0.25, 0.3) is 0 Å². The lowest BCUT2D eigenvalue weighted by Gasteiger charge is -2.12. The second kappa shape index (κ2) is 6.61. The molecule has 0 saturated carbocycles. The molecular weight excluding hydrogens is 354 g/mol. The van der Waals surface area contributed by atoms with Gasteiger partial charge in [0.05, 0.1) is 30.5 Å². The van der Waals surface area contributed by atoms with Gasteiger partial charge in [-0.25, -0.2) is 0 Å². The summed E-state index contributed by atoms with van der Waals surface area (Å²) in [5, 5.41) is 3.87. The molecule has 6 rings (SSSR count). The predicted octanol–water partition coefficient (Wildman–Crippen LogP) is 6.53. The number of rotatable bonds is 4. The summed E-state index contributed by atoms with van der Waals surface area (Å²) in [5.41, 5.74) is 6.38. The second-order valence-electron chi connectivity index (χ2n) is 7.70. The first-order valence-corrected chi connectivity index (χ1v) is 10.2. The van der Waals surface area contributed by atoms with Gasteiger partial charge in [-0.1, -0.05) is 97.1 Å². The van der Waals surface area contributed by atoms with E-state index in [1.807, 2.05) is 0 Å². The molecule has 140 valence electrons. The lowest BCUT2D eigenvalue weighted by atomic mass is 9.97. The zero-order chi connectivity index (χ0) is 19.2. The summed E-state index contributed by atoms with van der Waals surface area (Å²) in [5.74, 6) is 0. The molecule has 2 heteroatoms. The van der Waals surface area contributed by atoms with Crippen molar-refractivity contribution in [2.75, 3.05) is 6.61 Å². The Kier molecular flexibility index (Phi) is 3.78. The molecule has 0 bridgehead atoms. The van der Waals surface area contributed by atoms with Crippen LogP contribution in [0.5, 0.6) is 0 Å². The van der Waals surface area contributed by atoms with E-state index in [1.54, 1.807) is 0 Å². The highest BCUT2D eigenvalue weighted by Gasteiger charge is 2.28. The topological polar surface area (TPSA) is 17.5 Å². The lowest BCUT2D eigenvalue weighted by Crippen LogP contribution is -2.06. The van der Waals surface area contributed by atoms with Gasteiger partial charge in [-0.05, 0) is 16.5 Å². The summed E-state index contributed by atoms with van der Waals surface area (Å²) in [6.45, 7) is 1.72. The minimum Gasteiger partial charge on any atom is -0.371 e. The van der Waals surface area contributed by atoms with E-state index in [9.17, 15) is 0 Å². The Hall–Kier alpha value is -3.36. The van der Waals surface area contributed by atoms with Gasteiger partial charge in [-0.15, -0.1) is 0 Å². The fourth-order valence-electron chi connectivity index (χ4n) is 4.47. The lowest BCUT2D eigenvalue weighted by molar-refractivity contribution is 0.386. The highest BCUT2D eigenvalue weighted by Crippen LogP contribution is 2.43. The number of hydrogen-bond donors (Lipinski definition) is 0. The Labute approximate surface area is 170 Å². The first-order chi connectivity index (χ1) is 14.4. The number of ether oxygens (including phenoxy) is 1. The number of aromatic nitrogens is 1. The standard InChI is InChI=1S/C27H21NO/c1-3-10-20(11-4-1)25-24-16-15-19-9-7-8-14-23(19)27(24)28(17-22-18-29-22)26(25)21-12-5-2-6-13-21/h1-16,22H,17-18H2/t22-/m1/s1. The Morgan fingerprint density at radius 3 is 2.07 bits per heavy atom. The van der Waals surface area contributed by atoms with Crippen LogP contribution in [0.3, 0.4) is 0 Å². The second-order valence-corrected chi connectivity index (χ2v) is 7.70. The van der Waals surface area contributed by atoms with Crippen LogP contribution in [-0.4, -0.2) is 17.3 Å². The molecule has 4 aromatic carbocycles. The molecule has 0 amide bonds. The van der Waals surface area contributed by atoms with E-state index >= 15 is 0 Å². The zero-order valence-electron chi connectivity index (χ0n) is 16.1. The minimum atomic E-state index is 0.302. The van der Waals surface area contributed by atoms with Gasteiger partial charge in [0.1, 0.15) is 0 Å². The van der Waals surface area contributed by atoms with Gasteiger partial charge in [-0.2, -0.15) is 0 Å². The number of nitrogens with zero attached hydrogens (tertiary/aromatic N) is 1. The third-order valence-electron chi connectivity index (χ3n) is 5.84. The van der Waals surface area contributed by atoms with Crippen LogP contribution in [0.25, 0.3) is 44.1 Å². The van der Waals surface area contributed by atoms with Crippen molar-refractivity contribution in [1.82, 2.24) is 4.57 Å². The van der Waals surface area contributed by atoms with Crippen molar-refractivity contribution in [2.45, 2.75) is 12.6 Å². The van der Waals surface area contributed by atoms with E-state index < -0.39 is 0 Å². The Morgan fingerprint density at radius 2 is 1.34 bits per heavy atom. The molecule has 0 N–H and O–H groups in total. The van der Waals surface area contributed by atoms with E-state index in [1.165, 1.54) is 44.1 Å². The largest absolute Gasteiger partial charge is 0.371 e. The third kappa shape index (κ3) is 2.76. The normalized spacial score (nSPS) is 15.8. The molecule has 1 aromatic heterocycles. The van der Waals surface area contributed by atoms with Gasteiger partial charge in [-0.3, -0.25) is 0 Å². The molecule has 0 radical (unpaired) electrons. The molecule has 0 unspecified atom stereocenters. The van der Waals surface area contributed by atoms with Crippen LogP contribution in [0.1, 0.15) is 0 Å². The van der Waals surface area contributed by atoms with Crippen molar-refractivity contribution in [3.63, 3.8) is 0 Å². The molecule has 0 aliphatic carbocycles. The van der Waals surface area contributed by atoms with Crippen LogP contribution in [0, 0.1) is 0 Å². The zero-order valence-corrected chi connectivity index (χ0v) is 16.1. The molecule has 0 spiro atoms. The number of fused-ring (bicyclic) bond motifs is 3. The maximum absolute atomic E-state index is 5.66. The van der Waals surface area contributed by atoms with Crippen LogP contribution < -0.4 is 0 Å². The van der Waals surface area contributed by atoms with Crippen LogP contribution in [-0.2, 0) is 11.3 Å². The van der Waals surface area contributed by atoms with E-state index in [2.05, 4.69) is 102 Å². The molecule has 29 heavy (non-hydrogen) atoms. The number of benzene rings is 4. The van der Waals surface area contributed by atoms with Crippen molar-refractivity contribution >= 4 is 21.7 Å². The van der Waals surface area contributed by atoms with Crippen LogP contribution in [0.15, 0.2) is 97.1 Å². The highest BCUT2D eigenvalue weighted by molar-refractivity contribution is 6.15. The van der Waals surface area contributed by atoms with Gasteiger partial charge in [0, 0.05) is 16.3 Å². The van der Waals surface area contributed by atoms with E-state index in [4.69, 9.17) is 4.74 Å². The molecule has 1 saturated heterocycles. The van der Waals surface area contributed by atoms with Crippen molar-refractivity contribution < 1.29 is 4.74 Å². The monoisotopic (exact) mass is 375 g/mol. The highest BCUT2D eigenvalue weighted by atomic mass is 16.6. The van der Waals surface area contributed by atoms with Crippen molar-refractivity contribution in [2.24, 2.45) is 0 Å². The fourth-order valence-corrected chi connectivity index (χ4v) is 4.47. The van der Waals surface area contributed by atoms with Crippen LogP contribution in [0.4, 0.5) is 0 Å². The van der Waals surface area contributed by atoms with Gasteiger partial charge >= 0.3 is 0 Å². The summed E-state index contributed by atoms with van der Waals surface area (Å²) >= 11 is 0. The average molecular weight is 375 g/mol. The van der Waals surface area contributed by atoms with E-state index in [-0.39, 0.29) is 0 Å². The summed E-state index contributed by atoms with van der Waals surface area (Å²) in [6.07, 6.45) is 0.302. The van der Waals surface area contributed by atoms with Crippen molar-refractivity contribution in [3.8, 4) is 22.4 Å². The van der Waals surface area contributed by atoms with Gasteiger partial charge in [0.2, 0.25) is 0 Å². The summed E-state index contributed by atoms with van der Waals surface area (Å²) in [6, 6.07) is 34.7. The Morgan fingerprint density at radius 1 is 0.690 bits per heavy atom. The molecule has 2 nitrogen and oxygen atoms in total. The summed E-state index contributed by atoms with van der Waals surface area (Å²) in [4.78, 5) is 0. The molecule has 1 aliphatic rings. The first kappa shape index (κ1) is 16.6. The van der Waals surface area contributed by atoms with Crippen molar-refractivity contribution in [3.05, 3.63) is 97.1 Å². The maximum Gasteiger partial charge on any atom is 0.0988 e. The number of epoxide rings is 1. The minimum absolute atomic E-state index is 0.302. The van der Waals surface area contributed by atoms with Crippen LogP contribution in [0.2, 0.25) is 0 Å². The Bertz CT molecular complexity index is 1310. The summed E-state index contributed by atoms with van der Waals surface area (Å²) < 4.78 is 8.15. The first-order valence-electron chi connectivity index (χ1n) is 10.2. The smallest absolute Gasteiger partial charge is 0.0988 e. The molecular formula is C27H21NO. The van der Waals surface area contributed by atoms with Gasteiger partial charge < -0.3 is 9.30 Å². The SMILES string of the molecule is c1ccc(-c2c(-c3ccccc3)n(C[C@@H]3CO3)c3c2ccc2ccccc23)cc1. The average Bonchev–Trinajstić information content (AvgIpc) is 3.55. The van der Waals surface area contributed by atoms with Crippen molar-refractivity contribution in [1.29, 1.82) is 0 Å². The fraction of sp³-hybridized carbons (Fsp3) is 0.111. The van der Waals surface area contributed by atoms with E-state index in [0.29, 0.717) is 6.10 Å². The van der Waals surface area contributed by atoms with Gasteiger partial charge in [0.15, 0.2) is 0 Å². The Balaban J connectivity index is 1.80. The number of hydrogen-bond acceptors (Lipinski definition) is 1. The molecule has 1 fully saturated rings. The molecule has 1 aliphatic heterocycles. The third-order valence-corrected chi connectivity index (χ3v) is 5.84. The quantitative estimate of drug-likeness (QED) is 0.327. The molecule has 1 atom stereocenters. The molecule has 2 heterocycles. The summed E-state index contributed by atoms with van der Waals surface area (Å²) in [7, 11) is 0. The molecule has 5 aromatic rings. The predicted molar refractivity (Wildman–Crippen MR) is 120 cm³/mol. The van der Waals surface area contributed by atoms with Crippen LogP contribution >= 0.6 is 0 Å². The maximum atomic E-state index is 5.66.